The number of carbonyl (C=O) groups is 1. The minimum Gasteiger partial charge on any atom is -0.493 e. The molecule has 0 heterocycles. The van der Waals surface area contributed by atoms with Crippen LogP contribution in [0.4, 0.5) is 5.69 Å². The Morgan fingerprint density at radius 3 is 2.50 bits per heavy atom. The predicted molar refractivity (Wildman–Crippen MR) is 105 cm³/mol. The van der Waals surface area contributed by atoms with Gasteiger partial charge in [-0.2, -0.15) is 0 Å². The van der Waals surface area contributed by atoms with Gasteiger partial charge in [0.1, 0.15) is 6.61 Å². The van der Waals surface area contributed by atoms with Gasteiger partial charge >= 0.3 is 0 Å². The van der Waals surface area contributed by atoms with E-state index in [9.17, 15) is 14.9 Å². The molecule has 0 bridgehead atoms. The van der Waals surface area contributed by atoms with E-state index in [-0.39, 0.29) is 37.3 Å². The minimum atomic E-state index is -0.472. The molecule has 0 aliphatic heterocycles. The number of nitrogens with one attached hydrogen (secondary N) is 2. The van der Waals surface area contributed by atoms with Crippen molar-refractivity contribution in [2.75, 3.05) is 13.7 Å². The molecule has 2 aromatic carbocycles. The molecule has 28 heavy (non-hydrogen) atoms. The van der Waals surface area contributed by atoms with Crippen LogP contribution in [0.25, 0.3) is 0 Å². The Bertz CT molecular complexity index is 809. The summed E-state index contributed by atoms with van der Waals surface area (Å²) in [6.45, 7) is 4.20. The van der Waals surface area contributed by atoms with Crippen LogP contribution in [0.2, 0.25) is 0 Å². The number of nitro benzene ring substituents is 1. The van der Waals surface area contributed by atoms with Crippen molar-refractivity contribution in [3.05, 3.63) is 63.7 Å². The molecule has 1 amide bonds. The number of rotatable bonds is 10. The van der Waals surface area contributed by atoms with Crippen molar-refractivity contribution in [2.45, 2.75) is 33.0 Å². The molecule has 150 valence electrons. The average Bonchev–Trinajstić information content (AvgIpc) is 2.66. The third-order valence-corrected chi connectivity index (χ3v) is 3.85. The van der Waals surface area contributed by atoms with E-state index in [4.69, 9.17) is 9.47 Å². The van der Waals surface area contributed by atoms with Crippen LogP contribution in [0.15, 0.2) is 42.5 Å². The largest absolute Gasteiger partial charge is 0.493 e. The smallest absolute Gasteiger partial charge is 0.277 e. The van der Waals surface area contributed by atoms with E-state index in [1.807, 2.05) is 44.2 Å². The van der Waals surface area contributed by atoms with Crippen molar-refractivity contribution >= 4 is 11.6 Å². The van der Waals surface area contributed by atoms with Crippen LogP contribution in [0.1, 0.15) is 25.0 Å². The first-order valence-corrected chi connectivity index (χ1v) is 8.92. The van der Waals surface area contributed by atoms with Gasteiger partial charge in [-0.05, 0) is 25.5 Å². The number of nitro groups is 1. The van der Waals surface area contributed by atoms with Gasteiger partial charge in [-0.25, -0.2) is 0 Å². The first-order valence-electron chi connectivity index (χ1n) is 8.92. The van der Waals surface area contributed by atoms with Crippen LogP contribution < -0.4 is 20.1 Å². The average molecular weight is 387 g/mol. The summed E-state index contributed by atoms with van der Waals surface area (Å²) in [5, 5.41) is 17.2. The van der Waals surface area contributed by atoms with Crippen LogP contribution in [0.5, 0.6) is 11.5 Å². The fourth-order valence-electron chi connectivity index (χ4n) is 2.59. The highest BCUT2D eigenvalue weighted by molar-refractivity contribution is 5.78. The molecule has 8 nitrogen and oxygen atoms in total. The molecule has 0 saturated heterocycles. The molecule has 0 aliphatic carbocycles. The van der Waals surface area contributed by atoms with Crippen LogP contribution >= 0.6 is 0 Å². The summed E-state index contributed by atoms with van der Waals surface area (Å²) in [6.07, 6.45) is 0. The molecular weight excluding hydrogens is 362 g/mol. The van der Waals surface area contributed by atoms with E-state index in [2.05, 4.69) is 10.6 Å². The van der Waals surface area contributed by atoms with Crippen LogP contribution in [0.3, 0.4) is 0 Å². The topological polar surface area (TPSA) is 103 Å². The fourth-order valence-corrected chi connectivity index (χ4v) is 2.59. The van der Waals surface area contributed by atoms with E-state index in [1.54, 1.807) is 6.07 Å². The quantitative estimate of drug-likeness (QED) is 0.480. The summed E-state index contributed by atoms with van der Waals surface area (Å²) in [5.41, 5.74) is 1.25. The van der Waals surface area contributed by atoms with E-state index in [0.29, 0.717) is 17.1 Å². The fraction of sp³-hybridized carbons (Fsp3) is 0.350. The molecule has 2 aromatic rings. The summed E-state index contributed by atoms with van der Waals surface area (Å²) >= 11 is 0. The zero-order valence-corrected chi connectivity index (χ0v) is 16.2. The Hall–Kier alpha value is -3.13. The zero-order chi connectivity index (χ0) is 20.5. The highest BCUT2D eigenvalue weighted by atomic mass is 16.6. The van der Waals surface area contributed by atoms with E-state index in [0.717, 1.165) is 5.56 Å². The summed E-state index contributed by atoms with van der Waals surface area (Å²) in [5.74, 6) is 0.511. The number of nitrogens with zero attached hydrogens (tertiary/aromatic N) is 1. The van der Waals surface area contributed by atoms with Crippen LogP contribution in [0, 0.1) is 10.1 Å². The first kappa shape index (κ1) is 21.2. The number of methoxy groups -OCH3 is 1. The minimum absolute atomic E-state index is 0.0322. The SMILES string of the molecule is COc1cc(CNCC(=O)NC(C)C)c([N+](=O)[O-])cc1OCc1ccccc1. The highest BCUT2D eigenvalue weighted by Crippen LogP contribution is 2.35. The Labute approximate surface area is 164 Å². The first-order chi connectivity index (χ1) is 13.4. The maximum atomic E-state index is 11.7. The Morgan fingerprint density at radius 2 is 1.89 bits per heavy atom. The normalized spacial score (nSPS) is 10.6. The number of carbonyl (C=O) groups excluding carboxylic acids is 1. The summed E-state index contributed by atoms with van der Waals surface area (Å²) < 4.78 is 11.1. The predicted octanol–water partition coefficient (Wildman–Crippen LogP) is 2.80. The lowest BCUT2D eigenvalue weighted by atomic mass is 10.1. The number of hydrogen-bond donors (Lipinski definition) is 2. The van der Waals surface area contributed by atoms with E-state index < -0.39 is 4.92 Å². The lowest BCUT2D eigenvalue weighted by Gasteiger charge is -2.14. The van der Waals surface area contributed by atoms with Crippen molar-refractivity contribution in [1.29, 1.82) is 0 Å². The molecule has 2 rings (SSSR count). The van der Waals surface area contributed by atoms with Crippen molar-refractivity contribution in [3.8, 4) is 11.5 Å². The zero-order valence-electron chi connectivity index (χ0n) is 16.2. The molecule has 0 atom stereocenters. The monoisotopic (exact) mass is 387 g/mol. The third-order valence-electron chi connectivity index (χ3n) is 3.85. The molecule has 0 aromatic heterocycles. The van der Waals surface area contributed by atoms with Gasteiger partial charge in [0.25, 0.3) is 5.69 Å². The molecule has 0 spiro atoms. The number of ether oxygens (including phenoxy) is 2. The van der Waals surface area contributed by atoms with Crippen LogP contribution in [-0.2, 0) is 17.9 Å². The van der Waals surface area contributed by atoms with E-state index >= 15 is 0 Å². The van der Waals surface area contributed by atoms with Gasteiger partial charge < -0.3 is 20.1 Å². The molecule has 8 heteroatoms. The number of hydrogen-bond acceptors (Lipinski definition) is 6. The summed E-state index contributed by atoms with van der Waals surface area (Å²) in [7, 11) is 1.48. The van der Waals surface area contributed by atoms with Gasteiger partial charge in [-0.15, -0.1) is 0 Å². The lowest BCUT2D eigenvalue weighted by molar-refractivity contribution is -0.385. The maximum Gasteiger partial charge on any atom is 0.277 e. The maximum absolute atomic E-state index is 11.7. The second kappa shape index (κ2) is 10.3. The molecule has 2 N–H and O–H groups in total. The molecular formula is C20H25N3O5. The second-order valence-corrected chi connectivity index (χ2v) is 6.49. The van der Waals surface area contributed by atoms with Crippen molar-refractivity contribution in [2.24, 2.45) is 0 Å². The molecule has 0 aliphatic rings. The Morgan fingerprint density at radius 1 is 1.18 bits per heavy atom. The van der Waals surface area contributed by atoms with Gasteiger partial charge in [-0.1, -0.05) is 30.3 Å². The van der Waals surface area contributed by atoms with E-state index in [1.165, 1.54) is 13.2 Å². The molecule has 0 saturated carbocycles. The third kappa shape index (κ3) is 6.24. The molecule has 0 radical (unpaired) electrons. The highest BCUT2D eigenvalue weighted by Gasteiger charge is 2.20. The van der Waals surface area contributed by atoms with Gasteiger partial charge in [0.2, 0.25) is 5.91 Å². The van der Waals surface area contributed by atoms with Crippen molar-refractivity contribution in [3.63, 3.8) is 0 Å². The van der Waals surface area contributed by atoms with Crippen molar-refractivity contribution < 1.29 is 19.2 Å². The second-order valence-electron chi connectivity index (χ2n) is 6.49. The summed E-state index contributed by atoms with van der Waals surface area (Å²) in [4.78, 5) is 22.7. The van der Waals surface area contributed by atoms with Gasteiger partial charge in [0, 0.05) is 18.2 Å². The Kier molecular flexibility index (Phi) is 7.76. The van der Waals surface area contributed by atoms with Gasteiger partial charge in [0.05, 0.1) is 24.6 Å². The Balaban J connectivity index is 2.13. The lowest BCUT2D eigenvalue weighted by Crippen LogP contribution is -2.37. The standard InChI is InChI=1S/C20H25N3O5/c1-14(2)22-20(24)12-21-11-16-9-18(27-3)19(10-17(16)23(25)26)28-13-15-7-5-4-6-8-15/h4-10,14,21H,11-13H2,1-3H3,(H,22,24). The molecule has 0 fully saturated rings. The molecule has 0 unspecified atom stereocenters. The number of amides is 1. The van der Waals surface area contributed by atoms with Gasteiger partial charge in [0.15, 0.2) is 11.5 Å². The number of benzene rings is 2. The van der Waals surface area contributed by atoms with Crippen molar-refractivity contribution in [1.82, 2.24) is 10.6 Å². The van der Waals surface area contributed by atoms with Gasteiger partial charge in [-0.3, -0.25) is 14.9 Å². The van der Waals surface area contributed by atoms with Crippen LogP contribution in [-0.4, -0.2) is 30.5 Å². The summed E-state index contributed by atoms with van der Waals surface area (Å²) in [6, 6.07) is 12.4.